The maximum atomic E-state index is 13.4. The van der Waals surface area contributed by atoms with Crippen LogP contribution in [0.1, 0.15) is 22.8 Å². The number of rotatable bonds is 6. The van der Waals surface area contributed by atoms with Gasteiger partial charge >= 0.3 is 0 Å². The summed E-state index contributed by atoms with van der Waals surface area (Å²) >= 11 is 0. The third-order valence-corrected chi connectivity index (χ3v) is 5.08. The summed E-state index contributed by atoms with van der Waals surface area (Å²) in [5, 5.41) is 7.26. The highest BCUT2D eigenvalue weighted by Crippen LogP contribution is 2.24. The number of hydrazone groups is 1. The Labute approximate surface area is 189 Å². The first-order chi connectivity index (χ1) is 16.0. The van der Waals surface area contributed by atoms with Gasteiger partial charge in [-0.05, 0) is 67.6 Å². The molecule has 0 bridgehead atoms. The number of nitrogens with one attached hydrogen (secondary N) is 2. The third kappa shape index (κ3) is 4.59. The Bertz CT molecular complexity index is 1360. The molecule has 1 amide bonds. The van der Waals surface area contributed by atoms with E-state index in [9.17, 15) is 14.0 Å². The molecule has 0 aliphatic heterocycles. The van der Waals surface area contributed by atoms with Crippen molar-refractivity contribution in [1.29, 1.82) is 0 Å². The molecule has 0 atom stereocenters. The van der Waals surface area contributed by atoms with E-state index in [-0.39, 0.29) is 11.1 Å². The van der Waals surface area contributed by atoms with E-state index in [1.54, 1.807) is 62.6 Å². The number of H-pyrrole nitrogens is 1. The molecule has 3 aromatic carbocycles. The molecular weight excluding hydrogens is 423 g/mol. The van der Waals surface area contributed by atoms with Crippen LogP contribution in [0, 0.1) is 5.82 Å². The Hall–Kier alpha value is -4.46. The maximum absolute atomic E-state index is 13.4. The van der Waals surface area contributed by atoms with E-state index in [1.807, 2.05) is 6.07 Å². The summed E-state index contributed by atoms with van der Waals surface area (Å²) in [7, 11) is 1.57. The standard InChI is InChI=1S/C25H21FN4O3/c1-16(27-28-24(31)18-6-4-3-5-7-18)22-23(17-8-14-21(33-2)15-9-17)29-30(25(22)32)20-12-10-19(26)11-13-20/h3-15,29H,1-2H3,(H,28,31). The number of aromatic nitrogens is 2. The third-order valence-electron chi connectivity index (χ3n) is 5.08. The van der Waals surface area contributed by atoms with E-state index in [4.69, 9.17) is 4.74 Å². The highest BCUT2D eigenvalue weighted by Gasteiger charge is 2.20. The topological polar surface area (TPSA) is 88.5 Å². The number of hydrogen-bond acceptors (Lipinski definition) is 4. The van der Waals surface area contributed by atoms with Crippen molar-refractivity contribution in [2.75, 3.05) is 7.11 Å². The first-order valence-electron chi connectivity index (χ1n) is 10.1. The molecule has 33 heavy (non-hydrogen) atoms. The fraction of sp³-hybridized carbons (Fsp3) is 0.0800. The van der Waals surface area contributed by atoms with Gasteiger partial charge in [-0.15, -0.1) is 0 Å². The van der Waals surface area contributed by atoms with Gasteiger partial charge in [0.05, 0.1) is 29.8 Å². The first kappa shape index (κ1) is 21.8. The van der Waals surface area contributed by atoms with Gasteiger partial charge in [-0.25, -0.2) is 14.5 Å². The minimum Gasteiger partial charge on any atom is -0.497 e. The van der Waals surface area contributed by atoms with E-state index in [0.29, 0.717) is 34.0 Å². The number of aromatic amines is 1. The summed E-state index contributed by atoms with van der Waals surface area (Å²) < 4.78 is 19.9. The van der Waals surface area contributed by atoms with E-state index in [0.717, 1.165) is 0 Å². The van der Waals surface area contributed by atoms with Crippen molar-refractivity contribution in [1.82, 2.24) is 15.2 Å². The monoisotopic (exact) mass is 444 g/mol. The number of carbonyl (C=O) groups is 1. The zero-order chi connectivity index (χ0) is 23.4. The average Bonchev–Trinajstić information content (AvgIpc) is 3.20. The van der Waals surface area contributed by atoms with Gasteiger partial charge in [0.15, 0.2) is 0 Å². The van der Waals surface area contributed by atoms with Crippen LogP contribution in [0.15, 0.2) is 88.8 Å². The van der Waals surface area contributed by atoms with Crippen molar-refractivity contribution in [2.24, 2.45) is 5.10 Å². The van der Waals surface area contributed by atoms with Crippen LogP contribution in [0.3, 0.4) is 0 Å². The predicted molar refractivity (Wildman–Crippen MR) is 124 cm³/mol. The molecule has 166 valence electrons. The zero-order valence-electron chi connectivity index (χ0n) is 18.0. The average molecular weight is 444 g/mol. The highest BCUT2D eigenvalue weighted by atomic mass is 19.1. The Morgan fingerprint density at radius 1 is 1.00 bits per heavy atom. The maximum Gasteiger partial charge on any atom is 0.281 e. The van der Waals surface area contributed by atoms with Gasteiger partial charge in [-0.2, -0.15) is 5.10 Å². The number of benzene rings is 3. The molecule has 0 fully saturated rings. The lowest BCUT2D eigenvalue weighted by Crippen LogP contribution is -2.23. The van der Waals surface area contributed by atoms with Crippen molar-refractivity contribution < 1.29 is 13.9 Å². The quantitative estimate of drug-likeness (QED) is 0.346. The smallest absolute Gasteiger partial charge is 0.281 e. The van der Waals surface area contributed by atoms with Crippen molar-refractivity contribution in [3.8, 4) is 22.7 Å². The number of amides is 1. The van der Waals surface area contributed by atoms with Crippen LogP contribution >= 0.6 is 0 Å². The van der Waals surface area contributed by atoms with E-state index in [2.05, 4.69) is 15.6 Å². The van der Waals surface area contributed by atoms with Crippen LogP contribution in [0.25, 0.3) is 16.9 Å². The highest BCUT2D eigenvalue weighted by molar-refractivity contribution is 6.04. The minimum absolute atomic E-state index is 0.276. The van der Waals surface area contributed by atoms with E-state index >= 15 is 0 Å². The Morgan fingerprint density at radius 2 is 1.67 bits per heavy atom. The number of ether oxygens (including phenoxy) is 1. The fourth-order valence-electron chi connectivity index (χ4n) is 3.36. The number of halogens is 1. The molecule has 0 unspecified atom stereocenters. The second-order valence-electron chi connectivity index (χ2n) is 7.21. The summed E-state index contributed by atoms with van der Waals surface area (Å²) in [6.45, 7) is 1.64. The van der Waals surface area contributed by atoms with Crippen LogP contribution in [-0.4, -0.2) is 28.5 Å². The predicted octanol–water partition coefficient (Wildman–Crippen LogP) is 4.13. The van der Waals surface area contributed by atoms with Crippen LogP contribution < -0.4 is 15.7 Å². The molecule has 0 aliphatic rings. The second-order valence-corrected chi connectivity index (χ2v) is 7.21. The molecule has 0 saturated heterocycles. The van der Waals surface area contributed by atoms with Gasteiger partial charge in [0, 0.05) is 11.1 Å². The number of nitrogens with zero attached hydrogens (tertiary/aromatic N) is 2. The number of hydrogen-bond donors (Lipinski definition) is 2. The zero-order valence-corrected chi connectivity index (χ0v) is 18.0. The van der Waals surface area contributed by atoms with Gasteiger partial charge in [0.1, 0.15) is 11.6 Å². The summed E-state index contributed by atoms with van der Waals surface area (Å²) in [4.78, 5) is 25.7. The van der Waals surface area contributed by atoms with Crippen LogP contribution in [-0.2, 0) is 0 Å². The van der Waals surface area contributed by atoms with Crippen molar-refractivity contribution in [3.05, 3.63) is 106 Å². The number of carbonyl (C=O) groups excluding carboxylic acids is 1. The summed E-state index contributed by atoms with van der Waals surface area (Å²) in [6, 6.07) is 21.3. The summed E-state index contributed by atoms with van der Waals surface area (Å²) in [6.07, 6.45) is 0. The summed E-state index contributed by atoms with van der Waals surface area (Å²) in [5.41, 5.74) is 4.82. The minimum atomic E-state index is -0.407. The normalized spacial score (nSPS) is 11.3. The lowest BCUT2D eigenvalue weighted by molar-refractivity contribution is 0.0955. The molecule has 8 heteroatoms. The molecule has 0 radical (unpaired) electrons. The lowest BCUT2D eigenvalue weighted by Gasteiger charge is -2.05. The summed E-state index contributed by atoms with van der Waals surface area (Å²) in [5.74, 6) is -0.133. The molecule has 1 heterocycles. The SMILES string of the molecule is COc1ccc(-c2[nH]n(-c3ccc(F)cc3)c(=O)c2C(C)=NNC(=O)c2ccccc2)cc1. The van der Waals surface area contributed by atoms with E-state index < -0.39 is 11.7 Å². The van der Waals surface area contributed by atoms with Gasteiger partial charge in [-0.1, -0.05) is 18.2 Å². The Kier molecular flexibility index (Phi) is 6.17. The molecule has 0 saturated carbocycles. The largest absolute Gasteiger partial charge is 0.497 e. The molecule has 4 rings (SSSR count). The van der Waals surface area contributed by atoms with Crippen molar-refractivity contribution in [3.63, 3.8) is 0 Å². The second kappa shape index (κ2) is 9.35. The molecule has 2 N–H and O–H groups in total. The van der Waals surface area contributed by atoms with Crippen molar-refractivity contribution in [2.45, 2.75) is 6.92 Å². The van der Waals surface area contributed by atoms with Crippen LogP contribution in [0.4, 0.5) is 4.39 Å². The first-order valence-corrected chi connectivity index (χ1v) is 10.1. The molecular formula is C25H21FN4O3. The van der Waals surface area contributed by atoms with E-state index in [1.165, 1.54) is 28.9 Å². The lowest BCUT2D eigenvalue weighted by atomic mass is 10.1. The van der Waals surface area contributed by atoms with Gasteiger partial charge < -0.3 is 4.74 Å². The van der Waals surface area contributed by atoms with Gasteiger partial charge in [0.2, 0.25) is 0 Å². The van der Waals surface area contributed by atoms with Crippen molar-refractivity contribution >= 4 is 11.6 Å². The van der Waals surface area contributed by atoms with Crippen LogP contribution in [0.2, 0.25) is 0 Å². The molecule has 4 aromatic rings. The molecule has 1 aromatic heterocycles. The van der Waals surface area contributed by atoms with Crippen LogP contribution in [0.5, 0.6) is 5.75 Å². The molecule has 0 aliphatic carbocycles. The van der Waals surface area contributed by atoms with Gasteiger partial charge in [-0.3, -0.25) is 14.7 Å². The fourth-order valence-corrected chi connectivity index (χ4v) is 3.36. The Balaban J connectivity index is 1.78. The Morgan fingerprint density at radius 3 is 2.30 bits per heavy atom. The van der Waals surface area contributed by atoms with Gasteiger partial charge in [0.25, 0.3) is 11.5 Å². The molecule has 0 spiro atoms. The number of methoxy groups -OCH3 is 1. The molecule has 7 nitrogen and oxygen atoms in total.